The number of benzene rings is 1. The molecule has 0 aliphatic carbocycles. The van der Waals surface area contributed by atoms with Gasteiger partial charge >= 0.3 is 11.9 Å². The Labute approximate surface area is 186 Å². The molecule has 7 nitrogen and oxygen atoms in total. The predicted octanol–water partition coefficient (Wildman–Crippen LogP) is 3.72. The van der Waals surface area contributed by atoms with Crippen LogP contribution in [-0.4, -0.2) is 56.1 Å². The van der Waals surface area contributed by atoms with E-state index in [4.69, 9.17) is 9.47 Å². The van der Waals surface area contributed by atoms with Gasteiger partial charge in [0, 0.05) is 4.88 Å². The minimum Gasteiger partial charge on any atom is -0.469 e. The second kappa shape index (κ2) is 10.5. The number of thiophene rings is 1. The van der Waals surface area contributed by atoms with Crippen molar-refractivity contribution >= 4 is 34.2 Å². The van der Waals surface area contributed by atoms with Crippen molar-refractivity contribution in [3.05, 3.63) is 41.5 Å². The van der Waals surface area contributed by atoms with E-state index in [0.717, 1.165) is 16.0 Å². The average molecular weight is 445 g/mol. The maximum atomic E-state index is 12.8. The molecule has 1 N–H and O–H groups in total. The summed E-state index contributed by atoms with van der Waals surface area (Å²) >= 11 is 1.38. The highest BCUT2D eigenvalue weighted by atomic mass is 32.1. The van der Waals surface area contributed by atoms with E-state index in [0.29, 0.717) is 36.5 Å². The van der Waals surface area contributed by atoms with Crippen molar-refractivity contribution in [3.63, 3.8) is 0 Å². The zero-order chi connectivity index (χ0) is 22.4. The summed E-state index contributed by atoms with van der Waals surface area (Å²) < 4.78 is 10.0. The molecule has 0 radical (unpaired) electrons. The van der Waals surface area contributed by atoms with Gasteiger partial charge in [0.05, 0.1) is 31.7 Å². The molecule has 0 atom stereocenters. The summed E-state index contributed by atoms with van der Waals surface area (Å²) in [6, 6.07) is 9.77. The van der Waals surface area contributed by atoms with Crippen LogP contribution in [0.1, 0.15) is 35.7 Å². The van der Waals surface area contributed by atoms with Crippen LogP contribution in [0.15, 0.2) is 30.3 Å². The van der Waals surface area contributed by atoms with Gasteiger partial charge in [-0.25, -0.2) is 4.79 Å². The predicted molar refractivity (Wildman–Crippen MR) is 120 cm³/mol. The molecule has 1 saturated heterocycles. The van der Waals surface area contributed by atoms with Gasteiger partial charge in [-0.3, -0.25) is 14.5 Å². The molecule has 166 valence electrons. The molecule has 31 heavy (non-hydrogen) atoms. The van der Waals surface area contributed by atoms with Crippen LogP contribution in [0.3, 0.4) is 0 Å². The van der Waals surface area contributed by atoms with E-state index < -0.39 is 5.97 Å². The molecule has 1 aliphatic heterocycles. The lowest BCUT2D eigenvalue weighted by atomic mass is 9.97. The number of nitrogens with one attached hydrogen (secondary N) is 1. The number of carbonyl (C=O) groups excluding carboxylic acids is 3. The van der Waals surface area contributed by atoms with E-state index in [1.807, 2.05) is 42.2 Å². The number of hydrogen-bond acceptors (Lipinski definition) is 7. The highest BCUT2D eigenvalue weighted by molar-refractivity contribution is 7.20. The van der Waals surface area contributed by atoms with E-state index in [9.17, 15) is 14.4 Å². The van der Waals surface area contributed by atoms with Gasteiger partial charge in [-0.15, -0.1) is 11.3 Å². The van der Waals surface area contributed by atoms with Gasteiger partial charge in [-0.05, 0) is 50.9 Å². The number of ether oxygens (including phenoxy) is 2. The third kappa shape index (κ3) is 5.51. The van der Waals surface area contributed by atoms with Crippen molar-refractivity contribution in [2.75, 3.05) is 38.7 Å². The summed E-state index contributed by atoms with van der Waals surface area (Å²) in [4.78, 5) is 40.0. The number of rotatable bonds is 7. The monoisotopic (exact) mass is 444 g/mol. The zero-order valence-electron chi connectivity index (χ0n) is 18.1. The number of amides is 1. The zero-order valence-corrected chi connectivity index (χ0v) is 18.9. The van der Waals surface area contributed by atoms with E-state index in [1.54, 1.807) is 6.92 Å². The molecule has 3 rings (SSSR count). The summed E-state index contributed by atoms with van der Waals surface area (Å²) in [6.45, 7) is 5.39. The van der Waals surface area contributed by atoms with Gasteiger partial charge in [-0.2, -0.15) is 0 Å². The molecule has 1 fully saturated rings. The number of esters is 2. The van der Waals surface area contributed by atoms with E-state index in [1.165, 1.54) is 18.4 Å². The summed E-state index contributed by atoms with van der Waals surface area (Å²) in [5.41, 5.74) is 2.19. The Hall–Kier alpha value is -2.71. The molecule has 1 aromatic carbocycles. The first-order valence-electron chi connectivity index (χ1n) is 10.4. The topological polar surface area (TPSA) is 84.9 Å². The number of carbonyl (C=O) groups is 3. The number of nitrogens with zero attached hydrogens (tertiary/aromatic N) is 1. The molecular formula is C23H28N2O5S. The van der Waals surface area contributed by atoms with E-state index in [-0.39, 0.29) is 30.9 Å². The largest absolute Gasteiger partial charge is 0.469 e. The molecular weight excluding hydrogens is 416 g/mol. The van der Waals surface area contributed by atoms with E-state index >= 15 is 0 Å². The normalized spacial score (nSPS) is 14.8. The molecule has 2 aromatic rings. The maximum absolute atomic E-state index is 12.8. The molecule has 0 spiro atoms. The summed E-state index contributed by atoms with van der Waals surface area (Å²) in [5.74, 6) is -0.922. The van der Waals surface area contributed by atoms with Crippen LogP contribution in [0, 0.1) is 12.8 Å². The maximum Gasteiger partial charge on any atom is 0.341 e. The van der Waals surface area contributed by atoms with Crippen LogP contribution >= 0.6 is 11.3 Å². The first-order chi connectivity index (χ1) is 14.9. The molecule has 8 heteroatoms. The molecule has 1 aliphatic rings. The van der Waals surface area contributed by atoms with Gasteiger partial charge in [-0.1, -0.05) is 30.3 Å². The highest BCUT2D eigenvalue weighted by Gasteiger charge is 2.28. The van der Waals surface area contributed by atoms with Gasteiger partial charge in [0.15, 0.2) is 0 Å². The molecule has 1 amide bonds. The van der Waals surface area contributed by atoms with Crippen LogP contribution < -0.4 is 5.32 Å². The van der Waals surface area contributed by atoms with Crippen molar-refractivity contribution in [2.24, 2.45) is 5.92 Å². The van der Waals surface area contributed by atoms with Crippen molar-refractivity contribution < 1.29 is 23.9 Å². The van der Waals surface area contributed by atoms with Crippen LogP contribution in [0.25, 0.3) is 10.4 Å². The van der Waals surface area contributed by atoms with Gasteiger partial charge in [0.1, 0.15) is 5.00 Å². The fourth-order valence-corrected chi connectivity index (χ4v) is 4.99. The van der Waals surface area contributed by atoms with Crippen LogP contribution in [0.5, 0.6) is 0 Å². The lowest BCUT2D eigenvalue weighted by Crippen LogP contribution is -2.41. The van der Waals surface area contributed by atoms with Gasteiger partial charge < -0.3 is 14.8 Å². The Bertz CT molecular complexity index is 933. The van der Waals surface area contributed by atoms with Crippen molar-refractivity contribution in [1.29, 1.82) is 0 Å². The molecule has 0 bridgehead atoms. The third-order valence-electron chi connectivity index (χ3n) is 5.40. The smallest absolute Gasteiger partial charge is 0.341 e. The number of likely N-dealkylation sites (tertiary alicyclic amines) is 1. The summed E-state index contributed by atoms with van der Waals surface area (Å²) in [7, 11) is 1.40. The number of hydrogen-bond donors (Lipinski definition) is 1. The Morgan fingerprint density at radius 2 is 1.84 bits per heavy atom. The van der Waals surface area contributed by atoms with Gasteiger partial charge in [0.25, 0.3) is 0 Å². The van der Waals surface area contributed by atoms with Crippen LogP contribution in [-0.2, 0) is 19.1 Å². The SMILES string of the molecule is CCOC(=O)c1c(NC(=O)CN2CCC(C(=O)OC)CC2)sc(-c2ccccc2)c1C. The first-order valence-corrected chi connectivity index (χ1v) is 11.2. The van der Waals surface area contributed by atoms with E-state index in [2.05, 4.69) is 5.32 Å². The molecule has 0 unspecified atom stereocenters. The lowest BCUT2D eigenvalue weighted by molar-refractivity contribution is -0.147. The van der Waals surface area contributed by atoms with Crippen LogP contribution in [0.4, 0.5) is 5.00 Å². The molecule has 1 aromatic heterocycles. The number of piperidine rings is 1. The number of methoxy groups -OCH3 is 1. The van der Waals surface area contributed by atoms with Crippen molar-refractivity contribution in [2.45, 2.75) is 26.7 Å². The minimum absolute atomic E-state index is 0.104. The first kappa shape index (κ1) is 23.0. The number of anilines is 1. The Balaban J connectivity index is 1.73. The Morgan fingerprint density at radius 1 is 1.16 bits per heavy atom. The summed E-state index contributed by atoms with van der Waals surface area (Å²) in [6.07, 6.45) is 1.34. The second-order valence-electron chi connectivity index (χ2n) is 7.47. The molecule has 2 heterocycles. The van der Waals surface area contributed by atoms with Crippen molar-refractivity contribution in [3.8, 4) is 10.4 Å². The van der Waals surface area contributed by atoms with Crippen molar-refractivity contribution in [1.82, 2.24) is 4.90 Å². The average Bonchev–Trinajstić information content (AvgIpc) is 3.10. The van der Waals surface area contributed by atoms with Crippen LogP contribution in [0.2, 0.25) is 0 Å². The fourth-order valence-electron chi connectivity index (χ4n) is 3.78. The fraction of sp³-hybridized carbons (Fsp3) is 0.435. The Kier molecular flexibility index (Phi) is 7.81. The Morgan fingerprint density at radius 3 is 2.45 bits per heavy atom. The highest BCUT2D eigenvalue weighted by Crippen LogP contribution is 2.40. The third-order valence-corrected chi connectivity index (χ3v) is 6.66. The van der Waals surface area contributed by atoms with Gasteiger partial charge in [0.2, 0.25) is 5.91 Å². The minimum atomic E-state index is -0.437. The molecule has 0 saturated carbocycles. The standard InChI is InChI=1S/C23H28N2O5S/c1-4-30-23(28)19-15(2)20(16-8-6-5-7-9-16)31-21(19)24-18(26)14-25-12-10-17(11-13-25)22(27)29-3/h5-9,17H,4,10-14H2,1-3H3,(H,24,26). The lowest BCUT2D eigenvalue weighted by Gasteiger charge is -2.29. The summed E-state index contributed by atoms with van der Waals surface area (Å²) in [5, 5.41) is 3.42. The quantitative estimate of drug-likeness (QED) is 0.655. The second-order valence-corrected chi connectivity index (χ2v) is 8.49.